The van der Waals surface area contributed by atoms with Crippen LogP contribution in [0.25, 0.3) is 0 Å². The van der Waals surface area contributed by atoms with Gasteiger partial charge in [-0.25, -0.2) is 4.39 Å². The standard InChI is InChI=1S/C13H8BrClFNO4/c1-20-13-6-12(9(16)5-10(13)17(18)19)21-11-4-7(14)2-3-8(11)15/h2-6H,1H3. The van der Waals surface area contributed by atoms with Crippen molar-refractivity contribution in [2.75, 3.05) is 7.11 Å². The molecule has 0 amide bonds. The van der Waals surface area contributed by atoms with E-state index in [1.807, 2.05) is 0 Å². The molecule has 0 N–H and O–H groups in total. The van der Waals surface area contributed by atoms with Crippen molar-refractivity contribution in [2.24, 2.45) is 0 Å². The number of benzene rings is 2. The minimum Gasteiger partial charge on any atom is -0.490 e. The van der Waals surface area contributed by atoms with Gasteiger partial charge in [0.2, 0.25) is 5.75 Å². The molecule has 0 heterocycles. The van der Waals surface area contributed by atoms with Gasteiger partial charge in [0.15, 0.2) is 11.6 Å². The van der Waals surface area contributed by atoms with Crippen molar-refractivity contribution in [1.29, 1.82) is 0 Å². The lowest BCUT2D eigenvalue weighted by atomic mass is 10.2. The van der Waals surface area contributed by atoms with Gasteiger partial charge in [-0.05, 0) is 18.2 Å². The van der Waals surface area contributed by atoms with Crippen LogP contribution in [0.5, 0.6) is 17.2 Å². The Labute approximate surface area is 132 Å². The number of nitrogens with zero attached hydrogens (tertiary/aromatic N) is 1. The van der Waals surface area contributed by atoms with E-state index >= 15 is 0 Å². The number of methoxy groups -OCH3 is 1. The molecule has 0 aliphatic carbocycles. The highest BCUT2D eigenvalue weighted by atomic mass is 79.9. The van der Waals surface area contributed by atoms with E-state index in [9.17, 15) is 14.5 Å². The van der Waals surface area contributed by atoms with Crippen molar-refractivity contribution in [1.82, 2.24) is 0 Å². The molecule has 0 saturated carbocycles. The van der Waals surface area contributed by atoms with E-state index in [-0.39, 0.29) is 22.3 Å². The van der Waals surface area contributed by atoms with Gasteiger partial charge in [0.1, 0.15) is 5.75 Å². The molecule has 0 unspecified atom stereocenters. The zero-order chi connectivity index (χ0) is 15.6. The number of nitro benzene ring substituents is 1. The third kappa shape index (κ3) is 3.43. The molecule has 0 aliphatic heterocycles. The van der Waals surface area contributed by atoms with Gasteiger partial charge in [-0.1, -0.05) is 27.5 Å². The molecule has 0 aliphatic rings. The molecule has 0 fully saturated rings. The fourth-order valence-corrected chi connectivity index (χ4v) is 2.08. The molecule has 0 aromatic heterocycles. The average molecular weight is 377 g/mol. The molecule has 8 heteroatoms. The lowest BCUT2D eigenvalue weighted by Crippen LogP contribution is -1.97. The van der Waals surface area contributed by atoms with Crippen molar-refractivity contribution in [3.8, 4) is 17.2 Å². The predicted molar refractivity (Wildman–Crippen MR) is 78.8 cm³/mol. The molecule has 0 bridgehead atoms. The smallest absolute Gasteiger partial charge is 0.314 e. The SMILES string of the molecule is COc1cc(Oc2cc(Br)ccc2Cl)c(F)cc1[N+](=O)[O-]. The number of hydrogen-bond acceptors (Lipinski definition) is 4. The van der Waals surface area contributed by atoms with Crippen LogP contribution in [0.4, 0.5) is 10.1 Å². The summed E-state index contributed by atoms with van der Waals surface area (Å²) in [5.41, 5.74) is -0.484. The molecule has 2 aromatic rings. The van der Waals surface area contributed by atoms with Gasteiger partial charge < -0.3 is 9.47 Å². The highest BCUT2D eigenvalue weighted by Gasteiger charge is 2.21. The maximum absolute atomic E-state index is 13.9. The molecule has 2 rings (SSSR count). The van der Waals surface area contributed by atoms with Crippen LogP contribution in [-0.2, 0) is 0 Å². The zero-order valence-corrected chi connectivity index (χ0v) is 12.9. The molecule has 0 radical (unpaired) electrons. The van der Waals surface area contributed by atoms with Gasteiger partial charge in [0.25, 0.3) is 0 Å². The van der Waals surface area contributed by atoms with Crippen LogP contribution in [0.3, 0.4) is 0 Å². The molecule has 0 spiro atoms. The molecule has 0 atom stereocenters. The summed E-state index contributed by atoms with van der Waals surface area (Å²) in [6, 6.07) is 6.66. The minimum atomic E-state index is -0.890. The fourth-order valence-electron chi connectivity index (χ4n) is 1.58. The maximum atomic E-state index is 13.9. The average Bonchev–Trinajstić information content (AvgIpc) is 2.44. The molecule has 21 heavy (non-hydrogen) atoms. The van der Waals surface area contributed by atoms with Crippen molar-refractivity contribution in [2.45, 2.75) is 0 Å². The normalized spacial score (nSPS) is 10.3. The van der Waals surface area contributed by atoms with Gasteiger partial charge in [0, 0.05) is 10.5 Å². The van der Waals surface area contributed by atoms with Crippen molar-refractivity contribution >= 4 is 33.2 Å². The fraction of sp³-hybridized carbons (Fsp3) is 0.0769. The maximum Gasteiger partial charge on any atom is 0.314 e. The van der Waals surface area contributed by atoms with E-state index in [0.29, 0.717) is 4.47 Å². The monoisotopic (exact) mass is 375 g/mol. The number of nitro groups is 1. The number of rotatable bonds is 4. The van der Waals surface area contributed by atoms with Gasteiger partial charge in [-0.2, -0.15) is 0 Å². The van der Waals surface area contributed by atoms with Crippen LogP contribution < -0.4 is 9.47 Å². The quantitative estimate of drug-likeness (QED) is 0.559. The Bertz CT molecular complexity index is 711. The van der Waals surface area contributed by atoms with E-state index in [4.69, 9.17) is 21.1 Å². The Balaban J connectivity index is 2.45. The molecule has 2 aromatic carbocycles. The van der Waals surface area contributed by atoms with E-state index in [2.05, 4.69) is 15.9 Å². The second-order valence-corrected chi connectivity index (χ2v) is 5.21. The summed E-state index contributed by atoms with van der Waals surface area (Å²) in [6.07, 6.45) is 0. The Kier molecular flexibility index (Phi) is 4.64. The first-order chi connectivity index (χ1) is 9.92. The largest absolute Gasteiger partial charge is 0.490 e. The third-order valence-electron chi connectivity index (χ3n) is 2.54. The first-order valence-electron chi connectivity index (χ1n) is 5.57. The van der Waals surface area contributed by atoms with Gasteiger partial charge in [-0.15, -0.1) is 0 Å². The second kappa shape index (κ2) is 6.28. The summed E-state index contributed by atoms with van der Waals surface area (Å²) in [7, 11) is 1.25. The Morgan fingerprint density at radius 2 is 1.95 bits per heavy atom. The van der Waals surface area contributed by atoms with Crippen LogP contribution >= 0.6 is 27.5 Å². The highest BCUT2D eigenvalue weighted by molar-refractivity contribution is 9.10. The first-order valence-corrected chi connectivity index (χ1v) is 6.74. The van der Waals surface area contributed by atoms with E-state index < -0.39 is 16.4 Å². The topological polar surface area (TPSA) is 61.6 Å². The molecular weight excluding hydrogens is 369 g/mol. The van der Waals surface area contributed by atoms with Crippen molar-refractivity contribution in [3.63, 3.8) is 0 Å². The van der Waals surface area contributed by atoms with E-state index in [0.717, 1.165) is 12.1 Å². The third-order valence-corrected chi connectivity index (χ3v) is 3.35. The van der Waals surface area contributed by atoms with Crippen LogP contribution in [0.2, 0.25) is 5.02 Å². The molecule has 0 saturated heterocycles. The van der Waals surface area contributed by atoms with Gasteiger partial charge in [-0.3, -0.25) is 10.1 Å². The van der Waals surface area contributed by atoms with Gasteiger partial charge in [0.05, 0.1) is 23.1 Å². The predicted octanol–water partition coefficient (Wildman–Crippen LogP) is 4.95. The first kappa shape index (κ1) is 15.5. The lowest BCUT2D eigenvalue weighted by Gasteiger charge is -2.10. The molecular formula is C13H8BrClFNO4. The second-order valence-electron chi connectivity index (χ2n) is 3.89. The minimum absolute atomic E-state index is 0.109. The summed E-state index contributed by atoms with van der Waals surface area (Å²) in [4.78, 5) is 10.1. The Morgan fingerprint density at radius 3 is 2.57 bits per heavy atom. The number of hydrogen-bond donors (Lipinski definition) is 0. The lowest BCUT2D eigenvalue weighted by molar-refractivity contribution is -0.386. The molecule has 5 nitrogen and oxygen atoms in total. The van der Waals surface area contributed by atoms with Crippen molar-refractivity contribution in [3.05, 3.63) is 55.8 Å². The van der Waals surface area contributed by atoms with E-state index in [1.165, 1.54) is 7.11 Å². The van der Waals surface area contributed by atoms with Crippen LogP contribution in [0, 0.1) is 15.9 Å². The van der Waals surface area contributed by atoms with Crippen LogP contribution in [0.1, 0.15) is 0 Å². The van der Waals surface area contributed by atoms with Crippen LogP contribution in [0.15, 0.2) is 34.8 Å². The zero-order valence-electron chi connectivity index (χ0n) is 10.6. The summed E-state index contributed by atoms with van der Waals surface area (Å²) in [6.45, 7) is 0. The summed E-state index contributed by atoms with van der Waals surface area (Å²) in [5, 5.41) is 11.1. The Morgan fingerprint density at radius 1 is 1.24 bits per heavy atom. The summed E-state index contributed by atoms with van der Waals surface area (Å²) >= 11 is 9.19. The van der Waals surface area contributed by atoms with E-state index in [1.54, 1.807) is 18.2 Å². The number of ether oxygens (including phenoxy) is 2. The highest BCUT2D eigenvalue weighted by Crippen LogP contribution is 2.38. The summed E-state index contributed by atoms with van der Waals surface area (Å²) < 4.78 is 24.8. The van der Waals surface area contributed by atoms with Gasteiger partial charge >= 0.3 is 5.69 Å². The van der Waals surface area contributed by atoms with Crippen LogP contribution in [-0.4, -0.2) is 12.0 Å². The van der Waals surface area contributed by atoms with Crippen molar-refractivity contribution < 1.29 is 18.8 Å². The Hall–Kier alpha value is -1.86. The summed E-state index contributed by atoms with van der Waals surface area (Å²) in [5.74, 6) is -1.01. The molecule has 110 valence electrons. The number of halogens is 3.